The van der Waals surface area contributed by atoms with Crippen LogP contribution in [0, 0.1) is 3.57 Å². The normalized spacial score (nSPS) is 13.2. The molecule has 112 valence electrons. The zero-order chi connectivity index (χ0) is 15.3. The lowest BCUT2D eigenvalue weighted by atomic mass is 10.2. The molecule has 0 aliphatic rings. The van der Waals surface area contributed by atoms with Crippen LogP contribution in [0.4, 0.5) is 0 Å². The highest BCUT2D eigenvalue weighted by molar-refractivity contribution is 14.1. The number of benzene rings is 1. The highest BCUT2D eigenvalue weighted by Crippen LogP contribution is 2.18. The van der Waals surface area contributed by atoms with Crippen molar-refractivity contribution >= 4 is 38.6 Å². The first kappa shape index (κ1) is 17.3. The zero-order valence-corrected chi connectivity index (χ0v) is 13.8. The van der Waals surface area contributed by atoms with Gasteiger partial charge in [-0.15, -0.1) is 0 Å². The molecule has 0 bridgehead atoms. The second kappa shape index (κ2) is 7.34. The zero-order valence-electron chi connectivity index (χ0n) is 10.8. The third-order valence-corrected chi connectivity index (χ3v) is 5.12. The topological polar surface area (TPSA) is 104 Å². The molecule has 0 aliphatic heterocycles. The summed E-state index contributed by atoms with van der Waals surface area (Å²) in [6.07, 6.45) is 0.310. The van der Waals surface area contributed by atoms with Crippen LogP contribution >= 0.6 is 22.6 Å². The van der Waals surface area contributed by atoms with Crippen LogP contribution in [0.5, 0.6) is 0 Å². The van der Waals surface area contributed by atoms with E-state index in [1.54, 1.807) is 6.92 Å². The number of rotatable bonds is 7. The van der Waals surface area contributed by atoms with Gasteiger partial charge in [-0.05, 0) is 53.6 Å². The fourth-order valence-electron chi connectivity index (χ4n) is 1.48. The summed E-state index contributed by atoms with van der Waals surface area (Å²) in [5, 5.41) is 18.3. The summed E-state index contributed by atoms with van der Waals surface area (Å²) in [6.45, 7) is 1.91. The predicted molar refractivity (Wildman–Crippen MR) is 82.2 cm³/mol. The summed E-state index contributed by atoms with van der Waals surface area (Å²) >= 11 is 1.83. The maximum Gasteiger partial charge on any atom is 0.336 e. The smallest absolute Gasteiger partial charge is 0.336 e. The standard InChI is InChI=1S/C12H16INO5S/c1-2-8(15)5-6-14-20(18,19)9-3-4-11(13)10(7-9)12(16)17/h3-4,7-8,14-15H,2,5-6H2,1H3,(H,16,17). The summed E-state index contributed by atoms with van der Waals surface area (Å²) in [5.74, 6) is -1.17. The number of carbonyl (C=O) groups is 1. The molecule has 0 saturated carbocycles. The van der Waals surface area contributed by atoms with E-state index in [4.69, 9.17) is 5.11 Å². The molecule has 6 nitrogen and oxygen atoms in total. The number of halogens is 1. The van der Waals surface area contributed by atoms with Crippen molar-refractivity contribution in [2.75, 3.05) is 6.54 Å². The van der Waals surface area contributed by atoms with Gasteiger partial charge >= 0.3 is 5.97 Å². The summed E-state index contributed by atoms with van der Waals surface area (Å²) < 4.78 is 26.8. The molecule has 1 aromatic carbocycles. The number of carboxylic acid groups (broad SMARTS) is 1. The first-order valence-corrected chi connectivity index (χ1v) is 8.54. The maximum atomic E-state index is 12.0. The van der Waals surface area contributed by atoms with E-state index in [0.29, 0.717) is 16.4 Å². The number of carboxylic acids is 1. The van der Waals surface area contributed by atoms with Crippen molar-refractivity contribution in [2.45, 2.75) is 30.8 Å². The molecule has 3 N–H and O–H groups in total. The predicted octanol–water partition coefficient (Wildman–Crippen LogP) is 1.43. The molecule has 1 aromatic rings. The summed E-state index contributed by atoms with van der Waals surface area (Å²) in [6, 6.07) is 3.93. The molecule has 8 heteroatoms. The summed E-state index contributed by atoms with van der Waals surface area (Å²) in [7, 11) is -3.76. The Morgan fingerprint density at radius 1 is 1.45 bits per heavy atom. The second-order valence-corrected chi connectivity index (χ2v) is 7.12. The number of aliphatic hydroxyl groups excluding tert-OH is 1. The highest BCUT2D eigenvalue weighted by atomic mass is 127. The molecule has 1 unspecified atom stereocenters. The molecule has 0 fully saturated rings. The van der Waals surface area contributed by atoms with Crippen LogP contribution in [0.3, 0.4) is 0 Å². The molecular weight excluding hydrogens is 397 g/mol. The van der Waals surface area contributed by atoms with Crippen LogP contribution < -0.4 is 4.72 Å². The molecule has 1 atom stereocenters. The molecule has 0 heterocycles. The van der Waals surface area contributed by atoms with Gasteiger partial charge in [-0.2, -0.15) is 0 Å². The van der Waals surface area contributed by atoms with Gasteiger partial charge in [-0.25, -0.2) is 17.9 Å². The first-order valence-electron chi connectivity index (χ1n) is 5.98. The molecule has 0 radical (unpaired) electrons. The molecule has 0 aliphatic carbocycles. The van der Waals surface area contributed by atoms with E-state index in [0.717, 1.165) is 6.07 Å². The lowest BCUT2D eigenvalue weighted by molar-refractivity contribution is 0.0695. The fourth-order valence-corrected chi connectivity index (χ4v) is 3.12. The monoisotopic (exact) mass is 413 g/mol. The van der Waals surface area contributed by atoms with Crippen LogP contribution in [-0.4, -0.2) is 37.2 Å². The Morgan fingerprint density at radius 3 is 2.65 bits per heavy atom. The Labute approximate surface area is 131 Å². The average Bonchev–Trinajstić information content (AvgIpc) is 2.38. The largest absolute Gasteiger partial charge is 0.478 e. The minimum absolute atomic E-state index is 0.0536. The van der Waals surface area contributed by atoms with E-state index in [-0.39, 0.29) is 17.0 Å². The molecule has 0 amide bonds. The maximum absolute atomic E-state index is 12.0. The lowest BCUT2D eigenvalue weighted by Crippen LogP contribution is -2.27. The van der Waals surface area contributed by atoms with E-state index in [9.17, 15) is 18.3 Å². The Morgan fingerprint density at radius 2 is 2.10 bits per heavy atom. The SMILES string of the molecule is CCC(O)CCNS(=O)(=O)c1ccc(I)c(C(=O)O)c1. The van der Waals surface area contributed by atoms with Crippen molar-refractivity contribution in [1.82, 2.24) is 4.72 Å². The molecular formula is C12H16INO5S. The van der Waals surface area contributed by atoms with Crippen LogP contribution in [0.25, 0.3) is 0 Å². The number of nitrogens with one attached hydrogen (secondary N) is 1. The number of aliphatic hydroxyl groups is 1. The Bertz CT molecular complexity index is 588. The van der Waals surface area contributed by atoms with Gasteiger partial charge in [-0.1, -0.05) is 6.92 Å². The van der Waals surface area contributed by atoms with Gasteiger partial charge < -0.3 is 10.2 Å². The Balaban J connectivity index is 2.88. The molecule has 1 rings (SSSR count). The quantitative estimate of drug-likeness (QED) is 0.587. The van der Waals surface area contributed by atoms with Crippen LogP contribution in [0.15, 0.2) is 23.1 Å². The Kier molecular flexibility index (Phi) is 6.37. The first-order chi connectivity index (χ1) is 9.27. The third kappa shape index (κ3) is 4.69. The average molecular weight is 413 g/mol. The van der Waals surface area contributed by atoms with Crippen molar-refractivity contribution < 1.29 is 23.4 Å². The van der Waals surface area contributed by atoms with Crippen molar-refractivity contribution in [3.05, 3.63) is 27.3 Å². The van der Waals surface area contributed by atoms with E-state index in [1.165, 1.54) is 12.1 Å². The number of sulfonamides is 1. The second-order valence-electron chi connectivity index (χ2n) is 4.20. The van der Waals surface area contributed by atoms with Gasteiger partial charge in [0.25, 0.3) is 0 Å². The Hall–Kier alpha value is -0.710. The molecule has 0 saturated heterocycles. The highest BCUT2D eigenvalue weighted by Gasteiger charge is 2.18. The van der Waals surface area contributed by atoms with Crippen LogP contribution in [0.1, 0.15) is 30.1 Å². The van der Waals surface area contributed by atoms with Gasteiger partial charge in [0, 0.05) is 10.1 Å². The van der Waals surface area contributed by atoms with E-state index < -0.39 is 22.1 Å². The number of hydrogen-bond acceptors (Lipinski definition) is 4. The van der Waals surface area contributed by atoms with Gasteiger partial charge in [0.05, 0.1) is 16.6 Å². The van der Waals surface area contributed by atoms with Gasteiger partial charge in [0.1, 0.15) is 0 Å². The van der Waals surface area contributed by atoms with E-state index in [1.807, 2.05) is 22.6 Å². The van der Waals surface area contributed by atoms with Crippen LogP contribution in [-0.2, 0) is 10.0 Å². The summed E-state index contributed by atoms with van der Waals surface area (Å²) in [5.41, 5.74) is -0.0536. The minimum Gasteiger partial charge on any atom is -0.478 e. The van der Waals surface area contributed by atoms with Crippen molar-refractivity contribution in [3.8, 4) is 0 Å². The van der Waals surface area contributed by atoms with Crippen molar-refractivity contribution in [3.63, 3.8) is 0 Å². The third-order valence-electron chi connectivity index (χ3n) is 2.72. The van der Waals surface area contributed by atoms with Crippen molar-refractivity contribution in [1.29, 1.82) is 0 Å². The molecule has 0 aromatic heterocycles. The van der Waals surface area contributed by atoms with E-state index >= 15 is 0 Å². The van der Waals surface area contributed by atoms with Gasteiger partial charge in [-0.3, -0.25) is 0 Å². The number of hydrogen-bond donors (Lipinski definition) is 3. The molecule has 20 heavy (non-hydrogen) atoms. The fraction of sp³-hybridized carbons (Fsp3) is 0.417. The van der Waals surface area contributed by atoms with Gasteiger partial charge in [0.15, 0.2) is 0 Å². The van der Waals surface area contributed by atoms with Gasteiger partial charge in [0.2, 0.25) is 10.0 Å². The van der Waals surface area contributed by atoms with Crippen molar-refractivity contribution in [2.24, 2.45) is 0 Å². The minimum atomic E-state index is -3.76. The molecule has 0 spiro atoms. The lowest BCUT2D eigenvalue weighted by Gasteiger charge is -2.10. The summed E-state index contributed by atoms with van der Waals surface area (Å²) in [4.78, 5) is 10.9. The van der Waals surface area contributed by atoms with Crippen LogP contribution in [0.2, 0.25) is 0 Å². The number of aromatic carboxylic acids is 1. The van der Waals surface area contributed by atoms with E-state index in [2.05, 4.69) is 4.72 Å².